The van der Waals surface area contributed by atoms with Gasteiger partial charge in [0.05, 0.1) is 30.3 Å². The lowest BCUT2D eigenvalue weighted by atomic mass is 9.80. The van der Waals surface area contributed by atoms with Gasteiger partial charge in [0.2, 0.25) is 0 Å². The van der Waals surface area contributed by atoms with Crippen molar-refractivity contribution in [3.05, 3.63) is 58.7 Å². The van der Waals surface area contributed by atoms with Crippen molar-refractivity contribution in [1.29, 1.82) is 0 Å². The maximum absolute atomic E-state index is 13.7. The molecule has 8 nitrogen and oxygen atoms in total. The summed E-state index contributed by atoms with van der Waals surface area (Å²) in [5.41, 5.74) is 2.87. The van der Waals surface area contributed by atoms with Crippen LogP contribution in [0, 0.1) is 5.41 Å². The number of nitrogens with zero attached hydrogens (tertiary/aromatic N) is 1. The molecule has 1 aliphatic carbocycles. The number of hydrogen-bond acceptors (Lipinski definition) is 6. The van der Waals surface area contributed by atoms with Crippen LogP contribution in [-0.4, -0.2) is 53.8 Å². The molecule has 0 saturated carbocycles. The number of carbonyl (C=O) groups excluding carboxylic acids is 1. The van der Waals surface area contributed by atoms with Gasteiger partial charge in [-0.25, -0.2) is 0 Å². The molecule has 1 amide bonds. The molecule has 0 fully saturated rings. The number of carboxylic acids is 1. The standard InChI is InChI=1S/C26H29NO7/c1-14-10-16(15-6-5-7-18-23(15)33-9-8-32-18)24-22-17(14)12-31-13-20(26(2,3)4)27(22)25(30)19(34-24)11-21(28)29/h5-7,10,12,16,19-20H,8-9,11,13H2,1-4H3,(H,28,29)/t16-,19+,20-/m0/s1. The van der Waals surface area contributed by atoms with Crippen molar-refractivity contribution in [3.63, 3.8) is 0 Å². The summed E-state index contributed by atoms with van der Waals surface area (Å²) < 4.78 is 23.9. The second kappa shape index (κ2) is 8.11. The average Bonchev–Trinajstić information content (AvgIpc) is 2.99. The van der Waals surface area contributed by atoms with E-state index < -0.39 is 18.5 Å². The van der Waals surface area contributed by atoms with Crippen molar-refractivity contribution in [1.82, 2.24) is 4.90 Å². The summed E-state index contributed by atoms with van der Waals surface area (Å²) in [4.78, 5) is 27.0. The summed E-state index contributed by atoms with van der Waals surface area (Å²) >= 11 is 0. The Morgan fingerprint density at radius 3 is 2.71 bits per heavy atom. The topological polar surface area (TPSA) is 94.5 Å². The van der Waals surface area contributed by atoms with Crippen molar-refractivity contribution in [2.75, 3.05) is 19.8 Å². The number of amides is 1. The predicted molar refractivity (Wildman–Crippen MR) is 122 cm³/mol. The summed E-state index contributed by atoms with van der Waals surface area (Å²) in [6.45, 7) is 9.31. The highest BCUT2D eigenvalue weighted by Gasteiger charge is 2.49. The zero-order chi connectivity index (χ0) is 24.2. The quantitative estimate of drug-likeness (QED) is 0.724. The Kier molecular flexibility index (Phi) is 5.34. The van der Waals surface area contributed by atoms with Crippen molar-refractivity contribution in [3.8, 4) is 11.5 Å². The number of carbonyl (C=O) groups is 2. The van der Waals surface area contributed by atoms with Crippen molar-refractivity contribution < 1.29 is 33.6 Å². The normalized spacial score (nSPS) is 25.9. The molecule has 1 aromatic rings. The lowest BCUT2D eigenvalue weighted by Crippen LogP contribution is -2.55. The number of aliphatic carboxylic acids is 1. The SMILES string of the molecule is CC1=C[C@@H](c2cccc3c2OCCO3)C2=C3C1=COC[C@@H](C(C)(C)C)N3C(=O)[C@@H](CC(=O)O)O2. The molecular weight excluding hydrogens is 438 g/mol. The van der Waals surface area contributed by atoms with Crippen LogP contribution in [0.2, 0.25) is 0 Å². The molecule has 0 unspecified atom stereocenters. The molecule has 0 spiro atoms. The summed E-state index contributed by atoms with van der Waals surface area (Å²) in [5, 5.41) is 9.52. The molecule has 3 heterocycles. The van der Waals surface area contributed by atoms with Gasteiger partial charge in [-0.05, 0) is 24.0 Å². The first-order chi connectivity index (χ1) is 16.2. The van der Waals surface area contributed by atoms with Crippen LogP contribution in [0.3, 0.4) is 0 Å². The van der Waals surface area contributed by atoms with E-state index in [0.717, 1.165) is 16.7 Å². The molecule has 34 heavy (non-hydrogen) atoms. The first-order valence-electron chi connectivity index (χ1n) is 11.5. The summed E-state index contributed by atoms with van der Waals surface area (Å²) in [6, 6.07) is 5.40. The maximum atomic E-state index is 13.7. The van der Waals surface area contributed by atoms with Gasteiger partial charge in [-0.15, -0.1) is 0 Å². The number of para-hydroxylation sites is 1. The van der Waals surface area contributed by atoms with Crippen LogP contribution in [0.25, 0.3) is 0 Å². The van der Waals surface area contributed by atoms with E-state index in [9.17, 15) is 14.7 Å². The Morgan fingerprint density at radius 2 is 1.97 bits per heavy atom. The highest BCUT2D eigenvalue weighted by molar-refractivity contribution is 5.89. The minimum absolute atomic E-state index is 0.297. The van der Waals surface area contributed by atoms with E-state index in [2.05, 4.69) is 0 Å². The molecule has 1 aromatic carbocycles. The van der Waals surface area contributed by atoms with Gasteiger partial charge < -0.3 is 24.1 Å². The molecule has 8 heteroatoms. The number of rotatable bonds is 3. The van der Waals surface area contributed by atoms with Gasteiger partial charge in [0.15, 0.2) is 17.6 Å². The minimum atomic E-state index is -1.13. The maximum Gasteiger partial charge on any atom is 0.307 e. The third-order valence-electron chi connectivity index (χ3n) is 6.69. The molecule has 5 rings (SSSR count). The van der Waals surface area contributed by atoms with Gasteiger partial charge in [-0.3, -0.25) is 14.5 Å². The van der Waals surface area contributed by atoms with Crippen LogP contribution in [0.1, 0.15) is 45.6 Å². The first kappa shape index (κ1) is 22.4. The predicted octanol–water partition coefficient (Wildman–Crippen LogP) is 3.74. The second-order valence-corrected chi connectivity index (χ2v) is 10.1. The fraction of sp³-hybridized carbons (Fsp3) is 0.462. The largest absolute Gasteiger partial charge is 0.498 e. The van der Waals surface area contributed by atoms with Crippen LogP contribution in [0.5, 0.6) is 11.5 Å². The molecule has 4 aliphatic rings. The fourth-order valence-corrected chi connectivity index (χ4v) is 4.98. The zero-order valence-electron chi connectivity index (χ0n) is 19.8. The summed E-state index contributed by atoms with van der Waals surface area (Å²) in [6.07, 6.45) is 2.17. The van der Waals surface area contributed by atoms with E-state index in [1.165, 1.54) is 0 Å². The molecule has 0 saturated heterocycles. The molecule has 1 N–H and O–H groups in total. The van der Waals surface area contributed by atoms with E-state index in [1.54, 1.807) is 11.2 Å². The number of carboxylic acid groups (broad SMARTS) is 1. The van der Waals surface area contributed by atoms with Gasteiger partial charge in [0.1, 0.15) is 25.6 Å². The highest BCUT2D eigenvalue weighted by atomic mass is 16.6. The molecule has 0 bridgehead atoms. The Balaban J connectivity index is 1.72. The van der Waals surface area contributed by atoms with Crippen LogP contribution in [0.4, 0.5) is 0 Å². The van der Waals surface area contributed by atoms with Gasteiger partial charge in [0, 0.05) is 11.1 Å². The fourth-order valence-electron chi connectivity index (χ4n) is 4.98. The first-order valence-corrected chi connectivity index (χ1v) is 11.5. The Bertz CT molecular complexity index is 1140. The van der Waals surface area contributed by atoms with E-state index in [0.29, 0.717) is 42.8 Å². The van der Waals surface area contributed by atoms with Crippen molar-refractivity contribution >= 4 is 11.9 Å². The Labute approximate surface area is 198 Å². The Morgan fingerprint density at radius 1 is 1.21 bits per heavy atom. The number of benzene rings is 1. The van der Waals surface area contributed by atoms with Crippen LogP contribution >= 0.6 is 0 Å². The zero-order valence-corrected chi connectivity index (χ0v) is 19.8. The third-order valence-corrected chi connectivity index (χ3v) is 6.69. The van der Waals surface area contributed by atoms with E-state index >= 15 is 0 Å². The van der Waals surface area contributed by atoms with E-state index in [4.69, 9.17) is 18.9 Å². The van der Waals surface area contributed by atoms with Crippen LogP contribution in [-0.2, 0) is 19.1 Å². The van der Waals surface area contributed by atoms with Gasteiger partial charge >= 0.3 is 5.97 Å². The summed E-state index contributed by atoms with van der Waals surface area (Å²) in [7, 11) is 0. The van der Waals surface area contributed by atoms with E-state index in [-0.39, 0.29) is 23.3 Å². The van der Waals surface area contributed by atoms with Crippen molar-refractivity contribution in [2.24, 2.45) is 5.41 Å². The summed E-state index contributed by atoms with van der Waals surface area (Å²) in [5.74, 6) is -0.00349. The minimum Gasteiger partial charge on any atom is -0.498 e. The second-order valence-electron chi connectivity index (χ2n) is 10.1. The van der Waals surface area contributed by atoms with Gasteiger partial charge in [-0.2, -0.15) is 0 Å². The highest BCUT2D eigenvalue weighted by Crippen LogP contribution is 2.50. The lowest BCUT2D eigenvalue weighted by Gasteiger charge is -2.46. The number of allylic oxidation sites excluding steroid dienone is 2. The van der Waals surface area contributed by atoms with Gasteiger partial charge in [0.25, 0.3) is 5.91 Å². The van der Waals surface area contributed by atoms with Crippen LogP contribution < -0.4 is 9.47 Å². The van der Waals surface area contributed by atoms with Crippen molar-refractivity contribution in [2.45, 2.75) is 52.2 Å². The average molecular weight is 468 g/mol. The molecule has 0 aromatic heterocycles. The molecule has 0 radical (unpaired) electrons. The number of ether oxygens (including phenoxy) is 4. The van der Waals surface area contributed by atoms with Crippen LogP contribution in [0.15, 0.2) is 53.1 Å². The third kappa shape index (κ3) is 3.61. The number of fused-ring (bicyclic) bond motifs is 1. The molecule has 3 aliphatic heterocycles. The monoisotopic (exact) mass is 467 g/mol. The Hall–Kier alpha value is -3.42. The van der Waals surface area contributed by atoms with Gasteiger partial charge in [-0.1, -0.05) is 39.0 Å². The number of hydrogen-bond donors (Lipinski definition) is 1. The lowest BCUT2D eigenvalue weighted by molar-refractivity contribution is -0.155. The smallest absolute Gasteiger partial charge is 0.307 e. The molecule has 180 valence electrons. The molecular formula is C26H29NO7. The van der Waals surface area contributed by atoms with E-state index in [1.807, 2.05) is 52.0 Å². The molecule has 3 atom stereocenters.